The number of hydrogen-bond donors (Lipinski definition) is 2. The Morgan fingerprint density at radius 3 is 1.97 bits per heavy atom. The average Bonchev–Trinajstić information content (AvgIpc) is 3.51. The van der Waals surface area contributed by atoms with E-state index in [2.05, 4.69) is 102 Å². The molecule has 0 aliphatic rings. The summed E-state index contributed by atoms with van der Waals surface area (Å²) in [5, 5.41) is 0. The van der Waals surface area contributed by atoms with Gasteiger partial charge in [-0.15, -0.1) is 0 Å². The molecule has 2 aromatic heterocycles. The molecule has 5 rings (SSSR count). The van der Waals surface area contributed by atoms with Crippen LogP contribution in [0.2, 0.25) is 0 Å². The number of aromatic amines is 2. The second-order valence-electron chi connectivity index (χ2n) is 8.80. The first-order chi connectivity index (χ1) is 16.1. The Morgan fingerprint density at radius 2 is 1.36 bits per heavy atom. The summed E-state index contributed by atoms with van der Waals surface area (Å²) in [5.41, 5.74) is 9.19. The molecule has 3 aromatic carbocycles. The van der Waals surface area contributed by atoms with E-state index < -0.39 is 0 Å². The number of hydrogen-bond acceptors (Lipinski definition) is 2. The summed E-state index contributed by atoms with van der Waals surface area (Å²) in [6.45, 7) is 6.56. The van der Waals surface area contributed by atoms with Crippen LogP contribution in [-0.4, -0.2) is 19.9 Å². The molecule has 1 atom stereocenters. The number of H-pyrrole nitrogens is 2. The molecule has 0 bridgehead atoms. The van der Waals surface area contributed by atoms with Crippen LogP contribution in [0.4, 0.5) is 0 Å². The Morgan fingerprint density at radius 1 is 0.758 bits per heavy atom. The lowest BCUT2D eigenvalue weighted by Gasteiger charge is -2.06. The quantitative estimate of drug-likeness (QED) is 0.275. The predicted molar refractivity (Wildman–Crippen MR) is 137 cm³/mol. The van der Waals surface area contributed by atoms with Crippen LogP contribution >= 0.6 is 0 Å². The Hall–Kier alpha value is -3.66. The van der Waals surface area contributed by atoms with E-state index in [1.807, 2.05) is 6.20 Å². The van der Waals surface area contributed by atoms with Crippen molar-refractivity contribution in [1.29, 1.82) is 0 Å². The van der Waals surface area contributed by atoms with E-state index >= 15 is 0 Å². The van der Waals surface area contributed by atoms with Crippen molar-refractivity contribution < 1.29 is 0 Å². The smallest absolute Gasteiger partial charge is 0.110 e. The summed E-state index contributed by atoms with van der Waals surface area (Å²) in [7, 11) is 0. The zero-order valence-electron chi connectivity index (χ0n) is 19.5. The molecule has 4 heteroatoms. The topological polar surface area (TPSA) is 57.4 Å². The highest BCUT2D eigenvalue weighted by atomic mass is 14.9. The van der Waals surface area contributed by atoms with Crippen molar-refractivity contribution in [3.05, 3.63) is 84.6 Å². The van der Waals surface area contributed by atoms with Crippen LogP contribution in [0.1, 0.15) is 51.2 Å². The molecule has 33 heavy (non-hydrogen) atoms. The molecule has 0 radical (unpaired) electrons. The zero-order valence-corrected chi connectivity index (χ0v) is 19.5. The van der Waals surface area contributed by atoms with Crippen LogP contribution in [0, 0.1) is 0 Å². The van der Waals surface area contributed by atoms with Crippen molar-refractivity contribution in [3.8, 4) is 33.5 Å². The maximum atomic E-state index is 4.79. The molecule has 2 heterocycles. The van der Waals surface area contributed by atoms with Gasteiger partial charge in [-0.25, -0.2) is 9.97 Å². The van der Waals surface area contributed by atoms with Gasteiger partial charge in [-0.1, -0.05) is 81.8 Å². The lowest BCUT2D eigenvalue weighted by atomic mass is 9.99. The summed E-state index contributed by atoms with van der Waals surface area (Å²) in [6.07, 6.45) is 5.14. The van der Waals surface area contributed by atoms with Gasteiger partial charge in [0, 0.05) is 12.3 Å². The number of imidazole rings is 2. The monoisotopic (exact) mass is 434 g/mol. The van der Waals surface area contributed by atoms with Gasteiger partial charge in [0.1, 0.15) is 11.6 Å². The highest BCUT2D eigenvalue weighted by Crippen LogP contribution is 2.29. The second kappa shape index (κ2) is 9.07. The van der Waals surface area contributed by atoms with E-state index in [1.165, 1.54) is 28.7 Å². The lowest BCUT2D eigenvalue weighted by Crippen LogP contribution is -1.94. The molecule has 0 saturated carbocycles. The molecule has 0 aliphatic carbocycles. The lowest BCUT2D eigenvalue weighted by molar-refractivity contribution is 0.636. The van der Waals surface area contributed by atoms with Crippen LogP contribution < -0.4 is 0 Å². The maximum Gasteiger partial charge on any atom is 0.110 e. The molecule has 0 aliphatic heterocycles. The Balaban J connectivity index is 1.36. The van der Waals surface area contributed by atoms with Gasteiger partial charge in [0.25, 0.3) is 0 Å². The Labute approximate surface area is 195 Å². The van der Waals surface area contributed by atoms with Crippen LogP contribution in [0.25, 0.3) is 44.5 Å². The molecule has 0 fully saturated rings. The maximum absolute atomic E-state index is 4.79. The van der Waals surface area contributed by atoms with E-state index in [-0.39, 0.29) is 0 Å². The number of benzene rings is 3. The van der Waals surface area contributed by atoms with Crippen LogP contribution in [-0.2, 0) is 6.42 Å². The van der Waals surface area contributed by atoms with Gasteiger partial charge < -0.3 is 9.97 Å². The summed E-state index contributed by atoms with van der Waals surface area (Å²) < 4.78 is 0. The average molecular weight is 435 g/mol. The fourth-order valence-electron chi connectivity index (χ4n) is 4.40. The van der Waals surface area contributed by atoms with Crippen molar-refractivity contribution >= 4 is 11.0 Å². The summed E-state index contributed by atoms with van der Waals surface area (Å²) in [6, 6.07) is 23.9. The van der Waals surface area contributed by atoms with E-state index in [0.29, 0.717) is 5.92 Å². The number of aryl methyl sites for hydroxylation is 1. The largest absolute Gasteiger partial charge is 0.342 e. The molecule has 5 aromatic rings. The standard InChI is InChI=1S/C29H30N4/c1-4-6-19(3)29-32-25-16-15-24(17-26(25)33-29)22-9-7-20(8-10-22)21-11-13-23(14-12-21)27-18-30-28(5-2)31-27/h7-19H,4-6H2,1-3H3,(H,30,31)(H,32,33). The SMILES string of the molecule is CCCC(C)c1nc2ccc(-c3ccc(-c4ccc(-c5cnc(CC)[nH]5)cc4)cc3)cc2[nH]1. The van der Waals surface area contributed by atoms with Gasteiger partial charge in [-0.3, -0.25) is 0 Å². The molecule has 0 amide bonds. The first kappa shape index (κ1) is 21.2. The van der Waals surface area contributed by atoms with Crippen molar-refractivity contribution in [2.24, 2.45) is 0 Å². The first-order valence-electron chi connectivity index (χ1n) is 11.9. The summed E-state index contributed by atoms with van der Waals surface area (Å²) in [4.78, 5) is 16.1. The van der Waals surface area contributed by atoms with E-state index in [1.54, 1.807) is 0 Å². The van der Waals surface area contributed by atoms with Crippen LogP contribution in [0.5, 0.6) is 0 Å². The minimum absolute atomic E-state index is 0.457. The van der Waals surface area contributed by atoms with Gasteiger partial charge in [0.05, 0.1) is 22.9 Å². The molecule has 2 N–H and O–H groups in total. The molecule has 0 spiro atoms. The number of nitrogens with one attached hydrogen (secondary N) is 2. The molecular formula is C29H30N4. The van der Waals surface area contributed by atoms with Gasteiger partial charge in [-0.2, -0.15) is 0 Å². The van der Waals surface area contributed by atoms with E-state index in [9.17, 15) is 0 Å². The van der Waals surface area contributed by atoms with Crippen molar-refractivity contribution in [1.82, 2.24) is 19.9 Å². The van der Waals surface area contributed by atoms with Gasteiger partial charge in [0.2, 0.25) is 0 Å². The first-order valence-corrected chi connectivity index (χ1v) is 11.9. The highest BCUT2D eigenvalue weighted by Gasteiger charge is 2.11. The van der Waals surface area contributed by atoms with Crippen LogP contribution in [0.3, 0.4) is 0 Å². The second-order valence-corrected chi connectivity index (χ2v) is 8.80. The third kappa shape index (κ3) is 4.34. The summed E-state index contributed by atoms with van der Waals surface area (Å²) >= 11 is 0. The Bertz CT molecular complexity index is 1360. The number of nitrogens with zero attached hydrogens (tertiary/aromatic N) is 2. The van der Waals surface area contributed by atoms with Crippen LogP contribution in [0.15, 0.2) is 72.9 Å². The van der Waals surface area contributed by atoms with Crippen molar-refractivity contribution in [2.75, 3.05) is 0 Å². The summed E-state index contributed by atoms with van der Waals surface area (Å²) in [5.74, 6) is 2.56. The van der Waals surface area contributed by atoms with Crippen molar-refractivity contribution in [3.63, 3.8) is 0 Å². The normalized spacial score (nSPS) is 12.3. The van der Waals surface area contributed by atoms with Crippen molar-refractivity contribution in [2.45, 2.75) is 46.0 Å². The third-order valence-corrected chi connectivity index (χ3v) is 6.40. The number of aromatic nitrogens is 4. The molecule has 4 nitrogen and oxygen atoms in total. The molecular weight excluding hydrogens is 404 g/mol. The minimum atomic E-state index is 0.457. The minimum Gasteiger partial charge on any atom is -0.342 e. The fraction of sp³-hybridized carbons (Fsp3) is 0.241. The fourth-order valence-corrected chi connectivity index (χ4v) is 4.40. The molecule has 166 valence electrons. The number of fused-ring (bicyclic) bond motifs is 1. The third-order valence-electron chi connectivity index (χ3n) is 6.40. The van der Waals surface area contributed by atoms with Gasteiger partial charge >= 0.3 is 0 Å². The van der Waals surface area contributed by atoms with E-state index in [4.69, 9.17) is 4.98 Å². The Kier molecular flexibility index (Phi) is 5.82. The molecule has 0 saturated heterocycles. The molecule has 1 unspecified atom stereocenters. The highest BCUT2D eigenvalue weighted by molar-refractivity contribution is 5.82. The predicted octanol–water partition coefficient (Wildman–Crippen LogP) is 7.75. The van der Waals surface area contributed by atoms with Gasteiger partial charge in [0.15, 0.2) is 0 Å². The van der Waals surface area contributed by atoms with Gasteiger partial charge in [-0.05, 0) is 46.4 Å². The van der Waals surface area contributed by atoms with E-state index in [0.717, 1.165) is 46.8 Å². The zero-order chi connectivity index (χ0) is 22.8. The number of rotatable bonds is 7.